The number of hydrogen-bond donors (Lipinski definition) is 2. The summed E-state index contributed by atoms with van der Waals surface area (Å²) in [5.41, 5.74) is -0.0277. The van der Waals surface area contributed by atoms with Gasteiger partial charge in [-0.25, -0.2) is 0 Å². The minimum absolute atomic E-state index is 0.0277. The number of nitrogens with one attached hydrogen (secondary N) is 1. The topological polar surface area (TPSA) is 35.5 Å². The van der Waals surface area contributed by atoms with E-state index in [4.69, 9.17) is 0 Å². The minimum atomic E-state index is -0.0277. The lowest BCUT2D eigenvalue weighted by molar-refractivity contribution is 0.0882. The van der Waals surface area contributed by atoms with Crippen LogP contribution in [0.3, 0.4) is 0 Å². The molecule has 1 unspecified atom stereocenters. The molecule has 0 aromatic rings. The van der Waals surface area contributed by atoms with Crippen molar-refractivity contribution in [1.82, 2.24) is 10.2 Å². The monoisotopic (exact) mass is 268 g/mol. The average Bonchev–Trinajstić information content (AvgIpc) is 3.27. The van der Waals surface area contributed by atoms with E-state index in [9.17, 15) is 5.11 Å². The first-order valence-electron chi connectivity index (χ1n) is 8.32. The van der Waals surface area contributed by atoms with Gasteiger partial charge in [-0.1, -0.05) is 13.8 Å². The minimum Gasteiger partial charge on any atom is -0.394 e. The Morgan fingerprint density at radius 2 is 1.89 bits per heavy atom. The van der Waals surface area contributed by atoms with E-state index in [2.05, 4.69) is 24.1 Å². The summed E-state index contributed by atoms with van der Waals surface area (Å²) in [6.07, 6.45) is 7.77. The maximum absolute atomic E-state index is 9.99. The van der Waals surface area contributed by atoms with Gasteiger partial charge in [-0.05, 0) is 63.5 Å². The fourth-order valence-corrected chi connectivity index (χ4v) is 3.19. The molecule has 0 spiro atoms. The van der Waals surface area contributed by atoms with Crippen LogP contribution in [0.15, 0.2) is 0 Å². The van der Waals surface area contributed by atoms with Crippen molar-refractivity contribution in [2.24, 2.45) is 11.8 Å². The second kappa shape index (κ2) is 7.05. The predicted molar refractivity (Wildman–Crippen MR) is 80.3 cm³/mol. The molecule has 0 bridgehead atoms. The van der Waals surface area contributed by atoms with Crippen LogP contribution in [-0.2, 0) is 0 Å². The number of aliphatic hydroxyl groups excluding tert-OH is 1. The summed E-state index contributed by atoms with van der Waals surface area (Å²) in [6.45, 7) is 9.25. The Morgan fingerprint density at radius 1 is 1.16 bits per heavy atom. The van der Waals surface area contributed by atoms with Crippen LogP contribution in [0.2, 0.25) is 0 Å². The first-order valence-corrected chi connectivity index (χ1v) is 8.32. The van der Waals surface area contributed by atoms with Gasteiger partial charge in [-0.15, -0.1) is 0 Å². The summed E-state index contributed by atoms with van der Waals surface area (Å²) in [5, 5.41) is 13.7. The molecule has 2 aliphatic rings. The van der Waals surface area contributed by atoms with Gasteiger partial charge >= 0.3 is 0 Å². The zero-order valence-electron chi connectivity index (χ0n) is 12.8. The molecular weight excluding hydrogens is 236 g/mol. The summed E-state index contributed by atoms with van der Waals surface area (Å²) < 4.78 is 0. The molecule has 112 valence electrons. The van der Waals surface area contributed by atoms with Crippen LogP contribution in [-0.4, -0.2) is 48.3 Å². The van der Waals surface area contributed by atoms with Gasteiger partial charge in [0.15, 0.2) is 0 Å². The molecule has 1 atom stereocenters. The lowest BCUT2D eigenvalue weighted by Gasteiger charge is -2.38. The molecule has 0 heterocycles. The molecule has 0 aromatic carbocycles. The highest BCUT2D eigenvalue weighted by Crippen LogP contribution is 2.40. The third kappa shape index (κ3) is 4.44. The van der Waals surface area contributed by atoms with E-state index in [0.717, 1.165) is 25.4 Å². The van der Waals surface area contributed by atoms with Crippen LogP contribution >= 0.6 is 0 Å². The van der Waals surface area contributed by atoms with E-state index in [1.807, 2.05) is 0 Å². The van der Waals surface area contributed by atoms with Crippen LogP contribution in [0.5, 0.6) is 0 Å². The number of rotatable bonds is 11. The predicted octanol–water partition coefficient (Wildman–Crippen LogP) is 2.25. The Morgan fingerprint density at radius 3 is 2.37 bits per heavy atom. The van der Waals surface area contributed by atoms with E-state index < -0.39 is 0 Å². The fourth-order valence-electron chi connectivity index (χ4n) is 3.19. The molecule has 2 fully saturated rings. The molecule has 2 N–H and O–H groups in total. The lowest BCUT2D eigenvalue weighted by Crippen LogP contribution is -2.58. The molecule has 2 rings (SSSR count). The number of aliphatic hydroxyl groups is 1. The zero-order chi connectivity index (χ0) is 13.7. The van der Waals surface area contributed by atoms with Crippen molar-refractivity contribution < 1.29 is 5.11 Å². The molecule has 2 aliphatic carbocycles. The lowest BCUT2D eigenvalue weighted by atomic mass is 9.92. The Bertz CT molecular complexity index is 263. The normalized spacial score (nSPS) is 22.7. The third-order valence-corrected chi connectivity index (χ3v) is 4.63. The number of nitrogens with zero attached hydrogens (tertiary/aromatic N) is 1. The second-order valence-electron chi connectivity index (χ2n) is 6.69. The SMILES string of the molecule is CCCNC(CO)(CN(CCC)CC1CC1)C1CC1. The van der Waals surface area contributed by atoms with Crippen LogP contribution in [0.1, 0.15) is 52.4 Å². The van der Waals surface area contributed by atoms with Crippen molar-refractivity contribution in [1.29, 1.82) is 0 Å². The van der Waals surface area contributed by atoms with Gasteiger partial charge in [0.05, 0.1) is 12.1 Å². The van der Waals surface area contributed by atoms with Crippen molar-refractivity contribution in [2.75, 3.05) is 32.8 Å². The van der Waals surface area contributed by atoms with Crippen LogP contribution in [0.25, 0.3) is 0 Å². The van der Waals surface area contributed by atoms with Crippen LogP contribution < -0.4 is 5.32 Å². The van der Waals surface area contributed by atoms with E-state index >= 15 is 0 Å². The Kier molecular flexibility index (Phi) is 5.67. The first-order chi connectivity index (χ1) is 9.24. The molecule has 19 heavy (non-hydrogen) atoms. The van der Waals surface area contributed by atoms with Gasteiger partial charge in [0.1, 0.15) is 0 Å². The molecule has 2 saturated carbocycles. The second-order valence-corrected chi connectivity index (χ2v) is 6.69. The van der Waals surface area contributed by atoms with Gasteiger partial charge < -0.3 is 15.3 Å². The Balaban J connectivity index is 1.94. The summed E-state index contributed by atoms with van der Waals surface area (Å²) in [6, 6.07) is 0. The summed E-state index contributed by atoms with van der Waals surface area (Å²) in [7, 11) is 0. The van der Waals surface area contributed by atoms with Crippen molar-refractivity contribution in [3.8, 4) is 0 Å². The maximum Gasteiger partial charge on any atom is 0.0628 e. The van der Waals surface area contributed by atoms with Gasteiger partial charge in [0.2, 0.25) is 0 Å². The van der Waals surface area contributed by atoms with E-state index in [0.29, 0.717) is 12.5 Å². The molecule has 0 saturated heterocycles. The van der Waals surface area contributed by atoms with Crippen molar-refractivity contribution in [2.45, 2.75) is 57.9 Å². The Labute approximate surface area is 118 Å². The van der Waals surface area contributed by atoms with Crippen LogP contribution in [0, 0.1) is 11.8 Å². The maximum atomic E-state index is 9.99. The van der Waals surface area contributed by atoms with Gasteiger partial charge in [0.25, 0.3) is 0 Å². The smallest absolute Gasteiger partial charge is 0.0628 e. The van der Waals surface area contributed by atoms with E-state index in [1.165, 1.54) is 45.2 Å². The summed E-state index contributed by atoms with van der Waals surface area (Å²) in [4.78, 5) is 2.61. The zero-order valence-corrected chi connectivity index (χ0v) is 12.8. The molecule has 0 amide bonds. The highest BCUT2D eigenvalue weighted by molar-refractivity contribution is 5.03. The van der Waals surface area contributed by atoms with E-state index in [1.54, 1.807) is 0 Å². The van der Waals surface area contributed by atoms with Gasteiger partial charge in [-0.3, -0.25) is 0 Å². The first kappa shape index (κ1) is 15.3. The standard InChI is InChI=1S/C16H32N2O/c1-3-9-17-16(13-19,15-7-8-15)12-18(10-4-2)11-14-5-6-14/h14-15,17,19H,3-13H2,1-2H3. The third-order valence-electron chi connectivity index (χ3n) is 4.63. The van der Waals surface area contributed by atoms with Crippen molar-refractivity contribution >= 4 is 0 Å². The average molecular weight is 268 g/mol. The summed E-state index contributed by atoms with van der Waals surface area (Å²) in [5.74, 6) is 1.64. The molecule has 0 aliphatic heterocycles. The van der Waals surface area contributed by atoms with Gasteiger partial charge in [-0.2, -0.15) is 0 Å². The highest BCUT2D eigenvalue weighted by atomic mass is 16.3. The van der Waals surface area contributed by atoms with Crippen molar-refractivity contribution in [3.05, 3.63) is 0 Å². The van der Waals surface area contributed by atoms with E-state index in [-0.39, 0.29) is 5.54 Å². The van der Waals surface area contributed by atoms with Gasteiger partial charge in [0, 0.05) is 13.1 Å². The molecule has 0 radical (unpaired) electrons. The molecule has 3 heteroatoms. The van der Waals surface area contributed by atoms with Crippen LogP contribution in [0.4, 0.5) is 0 Å². The Hall–Kier alpha value is -0.120. The quantitative estimate of drug-likeness (QED) is 0.603. The molecule has 0 aromatic heterocycles. The number of hydrogen-bond acceptors (Lipinski definition) is 3. The summed E-state index contributed by atoms with van der Waals surface area (Å²) >= 11 is 0. The van der Waals surface area contributed by atoms with Crippen molar-refractivity contribution in [3.63, 3.8) is 0 Å². The largest absolute Gasteiger partial charge is 0.394 e. The highest BCUT2D eigenvalue weighted by Gasteiger charge is 2.45. The molecule has 3 nitrogen and oxygen atoms in total. The molecular formula is C16H32N2O. The fraction of sp³-hybridized carbons (Fsp3) is 1.00.